The molecular weight excluding hydrogens is 818 g/mol. The molecule has 0 bridgehead atoms. The second-order valence-electron chi connectivity index (χ2n) is 10.8. The van der Waals surface area contributed by atoms with E-state index in [4.69, 9.17) is 5.26 Å². The number of carboxylic acids is 1. The number of halogens is 1. The van der Waals surface area contributed by atoms with E-state index >= 15 is 0 Å². The van der Waals surface area contributed by atoms with Gasteiger partial charge >= 0.3 is 29.5 Å². The highest BCUT2D eigenvalue weighted by Gasteiger charge is 2.28. The van der Waals surface area contributed by atoms with Crippen molar-refractivity contribution in [2.75, 3.05) is 16.0 Å². The summed E-state index contributed by atoms with van der Waals surface area (Å²) in [5, 5.41) is 51.7. The molecule has 0 spiro atoms. The lowest BCUT2D eigenvalue weighted by Crippen LogP contribution is -2.34. The summed E-state index contributed by atoms with van der Waals surface area (Å²) in [5.41, 5.74) is -3.83. The molecule has 28 heteroatoms. The Morgan fingerprint density at radius 3 is 2.07 bits per heavy atom. The molecule has 0 radical (unpaired) electrons. The van der Waals surface area contributed by atoms with Crippen LogP contribution in [0.1, 0.15) is 15.9 Å². The van der Waals surface area contributed by atoms with Gasteiger partial charge in [0.2, 0.25) is 5.82 Å². The summed E-state index contributed by atoms with van der Waals surface area (Å²) in [7, 11) is -10.2. The molecule has 2 aromatic heterocycles. The summed E-state index contributed by atoms with van der Waals surface area (Å²) in [6, 6.07) is 8.32. The summed E-state index contributed by atoms with van der Waals surface area (Å²) in [6.45, 7) is 1.48. The molecule has 24 nitrogen and oxygen atoms in total. The summed E-state index contributed by atoms with van der Waals surface area (Å²) in [6.07, 6.45) is 2.39. The molecule has 0 fully saturated rings. The Labute approximate surface area is 315 Å². The molecule has 5 rings (SSSR count). The molecule has 7 N–H and O–H groups in total. The Bertz CT molecular complexity index is 2650. The number of hydrogen-bond donors (Lipinski definition) is 7. The van der Waals surface area contributed by atoms with Crippen molar-refractivity contribution in [3.8, 4) is 5.95 Å². The van der Waals surface area contributed by atoms with Crippen LogP contribution in [0, 0.1) is 33.0 Å². The van der Waals surface area contributed by atoms with Crippen molar-refractivity contribution < 1.29 is 69.3 Å². The molecular formula is C28H21FN9O15S3+. The predicted molar refractivity (Wildman–Crippen MR) is 186 cm³/mol. The summed E-state index contributed by atoms with van der Waals surface area (Å²) in [4.78, 5) is 43.0. The number of aromatic carboxylic acids is 1. The number of pyridine rings is 1. The first-order valence-electron chi connectivity index (χ1n) is 14.6. The third-order valence-corrected chi connectivity index (χ3v) is 9.64. The highest BCUT2D eigenvalue weighted by molar-refractivity contribution is 7.94. The number of carboxylic acid groups (broad SMARTS) is 1. The van der Waals surface area contributed by atoms with E-state index in [1.807, 2.05) is 0 Å². The van der Waals surface area contributed by atoms with E-state index in [1.54, 1.807) is 0 Å². The van der Waals surface area contributed by atoms with Gasteiger partial charge in [-0.2, -0.15) is 21.2 Å². The average Bonchev–Trinajstić information content (AvgIpc) is 3.10. The number of nitrogens with zero attached hydrogens (tertiary/aromatic N) is 6. The molecule has 0 aliphatic rings. The van der Waals surface area contributed by atoms with Crippen LogP contribution in [-0.4, -0.2) is 67.1 Å². The molecule has 56 heavy (non-hydrogen) atoms. The summed E-state index contributed by atoms with van der Waals surface area (Å²) in [5.74, 6) is -4.20. The second-order valence-corrected chi connectivity index (χ2v) is 14.3. The van der Waals surface area contributed by atoms with E-state index in [9.17, 15) is 60.5 Å². The van der Waals surface area contributed by atoms with Crippen LogP contribution < -0.4 is 20.5 Å². The van der Waals surface area contributed by atoms with Gasteiger partial charge in [0.05, 0.1) is 57.3 Å². The lowest BCUT2D eigenvalue weighted by molar-refractivity contribution is -0.603. The van der Waals surface area contributed by atoms with Crippen molar-refractivity contribution >= 4 is 84.3 Å². The van der Waals surface area contributed by atoms with Gasteiger partial charge in [0, 0.05) is 16.6 Å². The maximum absolute atomic E-state index is 14.4. The van der Waals surface area contributed by atoms with Gasteiger partial charge in [-0.3, -0.25) is 29.3 Å². The zero-order valence-corrected chi connectivity index (χ0v) is 29.9. The lowest BCUT2D eigenvalue weighted by Gasteiger charge is -2.13. The highest BCUT2D eigenvalue weighted by atomic mass is 32.2. The molecule has 0 saturated heterocycles. The van der Waals surface area contributed by atoms with Crippen molar-refractivity contribution in [1.29, 1.82) is 0 Å². The first-order chi connectivity index (χ1) is 26.2. The fourth-order valence-corrected chi connectivity index (χ4v) is 6.56. The monoisotopic (exact) mass is 838 g/mol. The predicted octanol–water partition coefficient (Wildman–Crippen LogP) is 4.26. The van der Waals surface area contributed by atoms with E-state index in [0.717, 1.165) is 35.0 Å². The molecule has 0 aliphatic carbocycles. The van der Waals surface area contributed by atoms with Crippen LogP contribution in [0.2, 0.25) is 0 Å². The normalized spacial score (nSPS) is 11.5. The Kier molecular flexibility index (Phi) is 11.7. The Hall–Kier alpha value is -6.53. The minimum absolute atomic E-state index is 0.0564. The van der Waals surface area contributed by atoms with E-state index < -0.39 is 86.3 Å². The first-order valence-corrected chi connectivity index (χ1v) is 18.2. The number of aryl methyl sites for hydroxylation is 1. The van der Waals surface area contributed by atoms with Gasteiger partial charge in [-0.1, -0.05) is 5.04 Å². The number of rotatable bonds is 15. The Morgan fingerprint density at radius 1 is 0.857 bits per heavy atom. The number of carbonyl (C=O) groups is 1. The molecule has 5 aromatic rings. The van der Waals surface area contributed by atoms with Gasteiger partial charge in [0.1, 0.15) is 15.5 Å². The highest BCUT2D eigenvalue weighted by Crippen LogP contribution is 2.36. The van der Waals surface area contributed by atoms with E-state index in [1.165, 1.54) is 31.3 Å². The number of benzene rings is 3. The maximum atomic E-state index is 14.4. The molecule has 3 aromatic carbocycles. The number of aromatic nitrogens is 4. The molecule has 292 valence electrons. The SMILES string of the molecule is Cc1cc(Nc2nc(Nc3ccc(Nc4cc(F)c([N+](=O)[O-])cc4[N+](=O)[O-])cc3S(=O)(=O)O)nc(-[n+]3cccc(C(=O)O)c3)n2)c(S(=O)(=O)O)cc1SOOO. The molecule has 2 heterocycles. The Morgan fingerprint density at radius 2 is 1.48 bits per heavy atom. The van der Waals surface area contributed by atoms with Gasteiger partial charge in [-0.25, -0.2) is 14.6 Å². The second kappa shape index (κ2) is 16.1. The van der Waals surface area contributed by atoms with Gasteiger partial charge in [0.25, 0.3) is 25.9 Å². The average molecular weight is 839 g/mol. The minimum Gasteiger partial charge on any atom is -0.478 e. The van der Waals surface area contributed by atoms with Crippen molar-refractivity contribution in [3.05, 3.63) is 104 Å². The quantitative estimate of drug-likeness (QED) is 0.0193. The van der Waals surface area contributed by atoms with Crippen molar-refractivity contribution in [3.63, 3.8) is 0 Å². The van der Waals surface area contributed by atoms with Gasteiger partial charge < -0.3 is 21.1 Å². The zero-order valence-electron chi connectivity index (χ0n) is 27.4. The maximum Gasteiger partial charge on any atom is 0.444 e. The van der Waals surface area contributed by atoms with Crippen LogP contribution in [-0.2, 0) is 29.6 Å². The number of hydrogen-bond acceptors (Lipinski definition) is 19. The zero-order chi connectivity index (χ0) is 41.1. The topological polar surface area (TPSA) is 350 Å². The van der Waals surface area contributed by atoms with Gasteiger partial charge in [0.15, 0.2) is 0 Å². The number of nitrogens with one attached hydrogen (secondary N) is 3. The van der Waals surface area contributed by atoms with Gasteiger partial charge in [-0.05, 0) is 64.9 Å². The van der Waals surface area contributed by atoms with Crippen LogP contribution in [0.4, 0.5) is 50.4 Å². The van der Waals surface area contributed by atoms with E-state index in [-0.39, 0.29) is 27.8 Å². The van der Waals surface area contributed by atoms with Crippen LogP contribution in [0.15, 0.2) is 81.7 Å². The van der Waals surface area contributed by atoms with E-state index in [2.05, 4.69) is 40.3 Å². The Balaban J connectivity index is 1.62. The van der Waals surface area contributed by atoms with Crippen LogP contribution in [0.3, 0.4) is 0 Å². The lowest BCUT2D eigenvalue weighted by atomic mass is 10.2. The standard InChI is InChI=1S/C28H20FN9O15S3/c1-13-7-19(24(56(49,50)51)11-22(13)54-53-52-45)32-27-33-26(34-28(35-27)36-6-2-3-14(12-36)25(39)40)31-17-5-4-15(8-23(17)55(46,47)48)30-18-9-16(29)20(37(41)42)10-21(18)38(43)44/h2-12,30H,1H3,(H5-,31,32,33,34,35,39,40,45,46,47,48,49,50,51)/p+1. The number of nitro benzene ring substituents is 2. The third-order valence-electron chi connectivity index (χ3n) is 7.10. The minimum atomic E-state index is -5.18. The fourth-order valence-electron chi connectivity index (χ4n) is 4.70. The number of nitro groups is 2. The van der Waals surface area contributed by atoms with Crippen LogP contribution >= 0.6 is 12.0 Å². The molecule has 0 aliphatic heterocycles. The first kappa shape index (κ1) is 40.7. The van der Waals surface area contributed by atoms with Crippen molar-refractivity contribution in [2.24, 2.45) is 0 Å². The summed E-state index contributed by atoms with van der Waals surface area (Å²) >= 11 is 0.385. The third kappa shape index (κ3) is 9.39. The molecule has 0 atom stereocenters. The molecule has 0 amide bonds. The fraction of sp³-hybridized carbons (Fsp3) is 0.0357. The molecule has 0 unspecified atom stereocenters. The van der Waals surface area contributed by atoms with Crippen molar-refractivity contribution in [1.82, 2.24) is 15.0 Å². The molecule has 0 saturated carbocycles. The van der Waals surface area contributed by atoms with Gasteiger partial charge in [-0.15, -0.1) is 9.32 Å². The largest absolute Gasteiger partial charge is 0.478 e. The smallest absolute Gasteiger partial charge is 0.444 e. The van der Waals surface area contributed by atoms with Crippen LogP contribution in [0.25, 0.3) is 5.95 Å². The van der Waals surface area contributed by atoms with Crippen molar-refractivity contribution in [2.45, 2.75) is 21.6 Å². The summed E-state index contributed by atoms with van der Waals surface area (Å²) < 4.78 is 89.8. The number of anilines is 6. The van der Waals surface area contributed by atoms with Crippen LogP contribution in [0.5, 0.6) is 0 Å². The van der Waals surface area contributed by atoms with E-state index in [0.29, 0.717) is 29.7 Å².